The summed E-state index contributed by atoms with van der Waals surface area (Å²) in [6.07, 6.45) is 3.87. The zero-order valence-corrected chi connectivity index (χ0v) is 22.0. The lowest BCUT2D eigenvalue weighted by Gasteiger charge is -2.47. The summed E-state index contributed by atoms with van der Waals surface area (Å²) in [5.41, 5.74) is 2.11. The molecular weight excluding hydrogens is 400 g/mol. The van der Waals surface area contributed by atoms with E-state index in [1.54, 1.807) is 0 Å². The number of carbonyl (C=O) groups is 1. The van der Waals surface area contributed by atoms with Gasteiger partial charge in [-0.15, -0.1) is 0 Å². The third-order valence-electron chi connectivity index (χ3n) is 6.05. The van der Waals surface area contributed by atoms with Gasteiger partial charge in [-0.1, -0.05) is 85.4 Å². The maximum absolute atomic E-state index is 12.1. The maximum Gasteiger partial charge on any atom is 0.330 e. The van der Waals surface area contributed by atoms with E-state index in [-0.39, 0.29) is 17.5 Å². The minimum Gasteiger partial charge on any atom is -0.463 e. The van der Waals surface area contributed by atoms with Gasteiger partial charge in [0.2, 0.25) is 8.32 Å². The molecule has 31 heavy (non-hydrogen) atoms. The van der Waals surface area contributed by atoms with E-state index in [9.17, 15) is 4.79 Å². The Bertz CT molecular complexity index is 745. The van der Waals surface area contributed by atoms with Crippen LogP contribution in [0.15, 0.2) is 42.5 Å². The molecule has 1 unspecified atom stereocenters. The Kier molecular flexibility index (Phi) is 10.8. The van der Waals surface area contributed by atoms with Crippen molar-refractivity contribution in [1.82, 2.24) is 0 Å². The van der Waals surface area contributed by atoms with Gasteiger partial charge in [-0.05, 0) is 41.8 Å². The predicted molar refractivity (Wildman–Crippen MR) is 133 cm³/mol. The summed E-state index contributed by atoms with van der Waals surface area (Å²) >= 11 is 0. The van der Waals surface area contributed by atoms with E-state index >= 15 is 0 Å². The molecule has 1 atom stereocenters. The van der Waals surface area contributed by atoms with Crippen LogP contribution in [0.5, 0.6) is 0 Å². The molecule has 0 saturated heterocycles. The summed E-state index contributed by atoms with van der Waals surface area (Å²) in [6, 6.07) is 10.0. The van der Waals surface area contributed by atoms with Crippen LogP contribution in [0.2, 0.25) is 16.6 Å². The number of hydrogen-bond acceptors (Lipinski definition) is 3. The van der Waals surface area contributed by atoms with Crippen LogP contribution in [-0.4, -0.2) is 27.0 Å². The molecule has 0 spiro atoms. The first-order valence-electron chi connectivity index (χ1n) is 11.5. The summed E-state index contributed by atoms with van der Waals surface area (Å²) in [5, 5.41) is 0. The van der Waals surface area contributed by atoms with Crippen molar-refractivity contribution in [3.63, 3.8) is 0 Å². The third kappa shape index (κ3) is 7.66. The molecule has 0 aliphatic heterocycles. The first kappa shape index (κ1) is 27.2. The predicted octanol–water partition coefficient (Wildman–Crippen LogP) is 7.13. The number of benzene rings is 1. The van der Waals surface area contributed by atoms with E-state index in [0.29, 0.717) is 29.7 Å². The highest BCUT2D eigenvalue weighted by atomic mass is 28.4. The van der Waals surface area contributed by atoms with E-state index in [2.05, 4.69) is 67.2 Å². The zero-order valence-electron chi connectivity index (χ0n) is 21.0. The molecule has 0 heterocycles. The second kappa shape index (κ2) is 12.3. The van der Waals surface area contributed by atoms with Crippen molar-refractivity contribution in [2.45, 2.75) is 91.5 Å². The molecule has 4 heteroatoms. The Labute approximate surface area is 191 Å². The van der Waals surface area contributed by atoms with Crippen molar-refractivity contribution in [1.29, 1.82) is 0 Å². The van der Waals surface area contributed by atoms with Gasteiger partial charge < -0.3 is 9.16 Å². The molecular formula is C27H42O3Si. The standard InChI is InChI=1S/C27H42O3Si/c1-10-29-26(28)19-18-25(30-31(21(2)3,22(4)5)23(6)7)27(8,9)20-14-17-24-15-12-11-13-16-24/h11-13,15-16,18-19,21-23,25H,10,20H2,1-9H3/b19-18+. The second-order valence-electron chi connectivity index (χ2n) is 9.80. The molecule has 0 aromatic heterocycles. The van der Waals surface area contributed by atoms with Crippen LogP contribution in [0.25, 0.3) is 0 Å². The van der Waals surface area contributed by atoms with Crippen molar-refractivity contribution < 1.29 is 14.0 Å². The Morgan fingerprint density at radius 3 is 2.06 bits per heavy atom. The molecule has 0 aliphatic carbocycles. The van der Waals surface area contributed by atoms with Gasteiger partial charge in [-0.25, -0.2) is 4.79 Å². The lowest BCUT2D eigenvalue weighted by Crippen LogP contribution is -2.52. The molecule has 0 radical (unpaired) electrons. The SMILES string of the molecule is CCOC(=O)/C=C/C(O[Si](C(C)C)(C(C)C)C(C)C)C(C)(C)CC#Cc1ccccc1. The van der Waals surface area contributed by atoms with Crippen molar-refractivity contribution in [2.75, 3.05) is 6.61 Å². The van der Waals surface area contributed by atoms with E-state index in [0.717, 1.165) is 5.56 Å². The fourth-order valence-corrected chi connectivity index (χ4v) is 10.1. The molecule has 1 rings (SSSR count). The number of esters is 1. The fourth-order valence-electron chi connectivity index (χ4n) is 4.44. The molecule has 3 nitrogen and oxygen atoms in total. The molecule has 0 bridgehead atoms. The minimum atomic E-state index is -2.15. The van der Waals surface area contributed by atoms with Gasteiger partial charge in [0.1, 0.15) is 0 Å². The van der Waals surface area contributed by atoms with Gasteiger partial charge in [0.15, 0.2) is 0 Å². The molecule has 0 amide bonds. The number of rotatable bonds is 10. The summed E-state index contributed by atoms with van der Waals surface area (Å²) < 4.78 is 12.2. The normalized spacial score (nSPS) is 13.5. The molecule has 0 N–H and O–H groups in total. The number of carbonyl (C=O) groups excluding carboxylic acids is 1. The van der Waals surface area contributed by atoms with Crippen molar-refractivity contribution in [3.05, 3.63) is 48.0 Å². The fraction of sp³-hybridized carbons (Fsp3) is 0.593. The monoisotopic (exact) mass is 442 g/mol. The highest BCUT2D eigenvalue weighted by Gasteiger charge is 2.48. The van der Waals surface area contributed by atoms with Gasteiger partial charge in [0.25, 0.3) is 0 Å². The molecule has 1 aromatic rings. The van der Waals surface area contributed by atoms with Crippen molar-refractivity contribution in [2.24, 2.45) is 5.41 Å². The average molecular weight is 443 g/mol. The van der Waals surface area contributed by atoms with Gasteiger partial charge in [0.05, 0.1) is 12.7 Å². The van der Waals surface area contributed by atoms with Gasteiger partial charge in [0, 0.05) is 23.5 Å². The first-order chi connectivity index (χ1) is 14.5. The largest absolute Gasteiger partial charge is 0.463 e. The van der Waals surface area contributed by atoms with Crippen molar-refractivity contribution >= 4 is 14.3 Å². The Hall–Kier alpha value is -1.83. The number of hydrogen-bond donors (Lipinski definition) is 0. The Morgan fingerprint density at radius 1 is 1.03 bits per heavy atom. The highest BCUT2D eigenvalue weighted by Crippen LogP contribution is 2.45. The van der Waals surface area contributed by atoms with Gasteiger partial charge in [-0.3, -0.25) is 0 Å². The van der Waals surface area contributed by atoms with E-state index < -0.39 is 8.32 Å². The van der Waals surface area contributed by atoms with Gasteiger partial charge in [-0.2, -0.15) is 0 Å². The number of ether oxygens (including phenoxy) is 1. The topological polar surface area (TPSA) is 35.5 Å². The van der Waals surface area contributed by atoms with Crippen LogP contribution >= 0.6 is 0 Å². The summed E-state index contributed by atoms with van der Waals surface area (Å²) in [7, 11) is -2.15. The van der Waals surface area contributed by atoms with Crippen LogP contribution < -0.4 is 0 Å². The zero-order chi connectivity index (χ0) is 23.7. The smallest absolute Gasteiger partial charge is 0.330 e. The van der Waals surface area contributed by atoms with E-state index in [4.69, 9.17) is 9.16 Å². The van der Waals surface area contributed by atoms with Crippen molar-refractivity contribution in [3.8, 4) is 11.8 Å². The average Bonchev–Trinajstić information content (AvgIpc) is 2.68. The molecule has 172 valence electrons. The molecule has 0 fully saturated rings. The van der Waals surface area contributed by atoms with E-state index in [1.807, 2.05) is 43.3 Å². The van der Waals surface area contributed by atoms with E-state index in [1.165, 1.54) is 6.08 Å². The molecule has 0 aliphatic rings. The van der Waals surface area contributed by atoms with Crippen LogP contribution in [0.4, 0.5) is 0 Å². The van der Waals surface area contributed by atoms with Crippen LogP contribution in [-0.2, 0) is 14.0 Å². The Morgan fingerprint density at radius 2 is 1.58 bits per heavy atom. The lowest BCUT2D eigenvalue weighted by atomic mass is 9.83. The third-order valence-corrected chi connectivity index (χ3v) is 12.1. The van der Waals surface area contributed by atoms with Crippen LogP contribution in [0, 0.1) is 17.3 Å². The summed E-state index contributed by atoms with van der Waals surface area (Å²) in [6.45, 7) is 20.2. The molecule has 1 aromatic carbocycles. The minimum absolute atomic E-state index is 0.221. The Balaban J connectivity index is 3.28. The highest BCUT2D eigenvalue weighted by molar-refractivity contribution is 6.77. The quantitative estimate of drug-likeness (QED) is 0.167. The first-order valence-corrected chi connectivity index (χ1v) is 13.7. The lowest BCUT2D eigenvalue weighted by molar-refractivity contribution is -0.137. The molecule has 0 saturated carbocycles. The summed E-state index contributed by atoms with van der Waals surface area (Å²) in [4.78, 5) is 12.1. The summed E-state index contributed by atoms with van der Waals surface area (Å²) in [5.74, 6) is 6.28. The van der Waals surface area contributed by atoms with Gasteiger partial charge >= 0.3 is 5.97 Å². The second-order valence-corrected chi connectivity index (χ2v) is 15.2. The van der Waals surface area contributed by atoms with Crippen LogP contribution in [0.3, 0.4) is 0 Å². The van der Waals surface area contributed by atoms with Crippen LogP contribution in [0.1, 0.15) is 74.3 Å². The maximum atomic E-state index is 12.1.